The Kier molecular flexibility index (Phi) is 4.58. The van der Waals surface area contributed by atoms with Gasteiger partial charge in [-0.2, -0.15) is 0 Å². The van der Waals surface area contributed by atoms with Crippen LogP contribution in [0.25, 0.3) is 11.0 Å². The third kappa shape index (κ3) is 2.93. The van der Waals surface area contributed by atoms with Crippen LogP contribution in [-0.4, -0.2) is 43.0 Å². The van der Waals surface area contributed by atoms with Gasteiger partial charge in [0.05, 0.1) is 28.3 Å². The summed E-state index contributed by atoms with van der Waals surface area (Å²) in [5.74, 6) is -0.328. The highest BCUT2D eigenvalue weighted by Crippen LogP contribution is 2.34. The fourth-order valence-corrected chi connectivity index (χ4v) is 4.01. The number of amides is 1. The minimum absolute atomic E-state index is 0.110. The van der Waals surface area contributed by atoms with Gasteiger partial charge in [0, 0.05) is 13.1 Å². The number of para-hydroxylation sites is 2. The number of rotatable bonds is 4. The smallest absolute Gasteiger partial charge is 0.337 e. The summed E-state index contributed by atoms with van der Waals surface area (Å²) in [6, 6.07) is 10.8. The predicted octanol–water partition coefficient (Wildman–Crippen LogP) is 3.44. The number of hydrogen-bond acceptors (Lipinski definition) is 4. The van der Waals surface area contributed by atoms with Gasteiger partial charge in [0.2, 0.25) is 0 Å². The van der Waals surface area contributed by atoms with Crippen LogP contribution in [0.15, 0.2) is 36.4 Å². The number of carboxylic acid groups (broad SMARTS) is 1. The number of carboxylic acids is 1. The number of likely N-dealkylation sites (tertiary alicyclic amines) is 1. The SMILES string of the molecule is CCn1c(C2CCCN2C(=O)c2ccc(C(=O)O)c(C)n2)nc2ccccc21. The first-order valence-corrected chi connectivity index (χ1v) is 9.48. The van der Waals surface area contributed by atoms with Crippen molar-refractivity contribution in [3.8, 4) is 0 Å². The van der Waals surface area contributed by atoms with Crippen molar-refractivity contribution in [3.05, 3.63) is 59.2 Å². The molecule has 1 fully saturated rings. The van der Waals surface area contributed by atoms with Crippen molar-refractivity contribution in [1.29, 1.82) is 0 Å². The first-order valence-electron chi connectivity index (χ1n) is 9.48. The van der Waals surface area contributed by atoms with Crippen molar-refractivity contribution in [2.45, 2.75) is 39.3 Å². The number of nitrogens with zero attached hydrogens (tertiary/aromatic N) is 4. The number of pyridine rings is 1. The number of fused-ring (bicyclic) bond motifs is 1. The molecule has 0 radical (unpaired) electrons. The molecule has 7 nitrogen and oxygen atoms in total. The second-order valence-electron chi connectivity index (χ2n) is 6.99. The van der Waals surface area contributed by atoms with Crippen LogP contribution >= 0.6 is 0 Å². The normalized spacial score (nSPS) is 16.6. The molecule has 1 aliphatic heterocycles. The van der Waals surface area contributed by atoms with E-state index in [1.165, 1.54) is 12.1 Å². The van der Waals surface area contributed by atoms with Gasteiger partial charge in [-0.15, -0.1) is 0 Å². The standard InChI is InChI=1S/C21H22N4O3/c1-3-24-17-8-5-4-7-15(17)23-19(24)18-9-6-12-25(18)20(26)16-11-10-14(21(27)28)13(2)22-16/h4-5,7-8,10-11,18H,3,6,9,12H2,1-2H3,(H,27,28). The van der Waals surface area contributed by atoms with Crippen molar-refractivity contribution in [2.24, 2.45) is 0 Å². The third-order valence-corrected chi connectivity index (χ3v) is 5.35. The van der Waals surface area contributed by atoms with Crippen LogP contribution in [0.4, 0.5) is 0 Å². The van der Waals surface area contributed by atoms with Gasteiger partial charge in [-0.25, -0.2) is 14.8 Å². The summed E-state index contributed by atoms with van der Waals surface area (Å²) in [6.45, 7) is 5.10. The van der Waals surface area contributed by atoms with Gasteiger partial charge >= 0.3 is 5.97 Å². The number of aromatic carboxylic acids is 1. The van der Waals surface area contributed by atoms with Crippen LogP contribution in [0.2, 0.25) is 0 Å². The maximum absolute atomic E-state index is 13.2. The summed E-state index contributed by atoms with van der Waals surface area (Å²) < 4.78 is 2.16. The molecule has 3 aromatic rings. The Labute approximate surface area is 162 Å². The van der Waals surface area contributed by atoms with Gasteiger partial charge in [-0.05, 0) is 51.0 Å². The second kappa shape index (κ2) is 7.07. The van der Waals surface area contributed by atoms with Crippen molar-refractivity contribution in [1.82, 2.24) is 19.4 Å². The van der Waals surface area contributed by atoms with Crippen LogP contribution in [0.5, 0.6) is 0 Å². The third-order valence-electron chi connectivity index (χ3n) is 5.35. The van der Waals surface area contributed by atoms with E-state index in [1.54, 1.807) is 6.92 Å². The zero-order valence-corrected chi connectivity index (χ0v) is 15.9. The Morgan fingerprint density at radius 1 is 1.18 bits per heavy atom. The topological polar surface area (TPSA) is 88.3 Å². The van der Waals surface area contributed by atoms with Gasteiger partial charge in [-0.1, -0.05) is 12.1 Å². The van der Waals surface area contributed by atoms with E-state index in [-0.39, 0.29) is 23.2 Å². The lowest BCUT2D eigenvalue weighted by Crippen LogP contribution is -2.32. The van der Waals surface area contributed by atoms with Gasteiger partial charge in [0.1, 0.15) is 11.5 Å². The average Bonchev–Trinajstić information content (AvgIpc) is 3.30. The molecule has 0 spiro atoms. The van der Waals surface area contributed by atoms with Gasteiger partial charge in [0.15, 0.2) is 0 Å². The van der Waals surface area contributed by atoms with E-state index in [9.17, 15) is 14.7 Å². The summed E-state index contributed by atoms with van der Waals surface area (Å²) in [7, 11) is 0. The summed E-state index contributed by atoms with van der Waals surface area (Å²) in [6.07, 6.45) is 1.75. The zero-order valence-electron chi connectivity index (χ0n) is 15.9. The average molecular weight is 378 g/mol. The van der Waals surface area contributed by atoms with E-state index in [1.807, 2.05) is 29.2 Å². The van der Waals surface area contributed by atoms with E-state index in [4.69, 9.17) is 4.98 Å². The maximum atomic E-state index is 13.2. The molecule has 1 aromatic carbocycles. The number of benzene rings is 1. The first-order chi connectivity index (χ1) is 13.5. The molecule has 1 N–H and O–H groups in total. The number of hydrogen-bond donors (Lipinski definition) is 1. The zero-order chi connectivity index (χ0) is 19.8. The Bertz CT molecular complexity index is 1070. The number of aryl methyl sites for hydroxylation is 2. The molecule has 7 heteroatoms. The minimum Gasteiger partial charge on any atom is -0.478 e. The molecule has 0 saturated carbocycles. The molecule has 1 aliphatic rings. The highest BCUT2D eigenvalue weighted by molar-refractivity contribution is 5.95. The summed E-state index contributed by atoms with van der Waals surface area (Å²) in [4.78, 5) is 35.2. The van der Waals surface area contributed by atoms with Crippen LogP contribution in [0.3, 0.4) is 0 Å². The molecule has 28 heavy (non-hydrogen) atoms. The lowest BCUT2D eigenvalue weighted by Gasteiger charge is -2.25. The number of aromatic nitrogens is 3. The van der Waals surface area contributed by atoms with Crippen LogP contribution < -0.4 is 0 Å². The van der Waals surface area contributed by atoms with Gasteiger partial charge < -0.3 is 14.6 Å². The Morgan fingerprint density at radius 3 is 2.68 bits per heavy atom. The molecule has 4 rings (SSSR count). The van der Waals surface area contributed by atoms with Crippen LogP contribution in [0.1, 0.15) is 58.2 Å². The molecule has 144 valence electrons. The molecular formula is C21H22N4O3. The van der Waals surface area contributed by atoms with E-state index < -0.39 is 5.97 Å². The highest BCUT2D eigenvalue weighted by atomic mass is 16.4. The van der Waals surface area contributed by atoms with Crippen molar-refractivity contribution < 1.29 is 14.7 Å². The fraction of sp³-hybridized carbons (Fsp3) is 0.333. The molecular weight excluding hydrogens is 356 g/mol. The van der Waals surface area contributed by atoms with Crippen molar-refractivity contribution in [3.63, 3.8) is 0 Å². The highest BCUT2D eigenvalue weighted by Gasteiger charge is 2.34. The molecule has 3 heterocycles. The molecule has 1 saturated heterocycles. The van der Waals surface area contributed by atoms with E-state index >= 15 is 0 Å². The number of carbonyl (C=O) groups excluding carboxylic acids is 1. The van der Waals surface area contributed by atoms with Crippen molar-refractivity contribution in [2.75, 3.05) is 6.54 Å². The first kappa shape index (κ1) is 18.2. The van der Waals surface area contributed by atoms with Gasteiger partial charge in [0.25, 0.3) is 5.91 Å². The molecule has 0 aliphatic carbocycles. The maximum Gasteiger partial charge on any atom is 0.337 e. The summed E-state index contributed by atoms with van der Waals surface area (Å²) >= 11 is 0. The molecule has 1 atom stereocenters. The largest absolute Gasteiger partial charge is 0.478 e. The summed E-state index contributed by atoms with van der Waals surface area (Å²) in [5, 5.41) is 9.18. The van der Waals surface area contributed by atoms with E-state index in [0.717, 1.165) is 36.2 Å². The lowest BCUT2D eigenvalue weighted by atomic mass is 10.1. The summed E-state index contributed by atoms with van der Waals surface area (Å²) in [5.41, 5.74) is 2.73. The number of carbonyl (C=O) groups is 2. The van der Waals surface area contributed by atoms with Gasteiger partial charge in [-0.3, -0.25) is 4.79 Å². The molecule has 1 amide bonds. The van der Waals surface area contributed by atoms with E-state index in [2.05, 4.69) is 16.5 Å². The Balaban J connectivity index is 1.70. The quantitative estimate of drug-likeness (QED) is 0.751. The lowest BCUT2D eigenvalue weighted by molar-refractivity contribution is 0.0688. The van der Waals surface area contributed by atoms with Crippen molar-refractivity contribution >= 4 is 22.9 Å². The van der Waals surface area contributed by atoms with Crippen LogP contribution in [0, 0.1) is 6.92 Å². The molecule has 0 bridgehead atoms. The second-order valence-corrected chi connectivity index (χ2v) is 6.99. The number of imidazole rings is 1. The van der Waals surface area contributed by atoms with E-state index in [0.29, 0.717) is 12.2 Å². The Morgan fingerprint density at radius 2 is 1.96 bits per heavy atom. The molecule has 1 unspecified atom stereocenters. The minimum atomic E-state index is -1.04. The molecule has 2 aromatic heterocycles. The Hall–Kier alpha value is -3.22. The predicted molar refractivity (Wildman–Crippen MR) is 104 cm³/mol. The fourth-order valence-electron chi connectivity index (χ4n) is 4.01. The van der Waals surface area contributed by atoms with Crippen LogP contribution in [-0.2, 0) is 6.54 Å². The monoisotopic (exact) mass is 378 g/mol.